The van der Waals surface area contributed by atoms with Gasteiger partial charge in [0.2, 0.25) is 0 Å². The monoisotopic (exact) mass is 308 g/mol. The highest BCUT2D eigenvalue weighted by Crippen LogP contribution is 2.37. The molecule has 1 aromatic rings. The Morgan fingerprint density at radius 3 is 2.44 bits per heavy atom. The van der Waals surface area contributed by atoms with E-state index in [2.05, 4.69) is 29.8 Å². The lowest BCUT2D eigenvalue weighted by molar-refractivity contribution is 0.446. The van der Waals surface area contributed by atoms with Crippen molar-refractivity contribution >= 4 is 34.0 Å². The summed E-state index contributed by atoms with van der Waals surface area (Å²) in [6.07, 6.45) is 0.815. The summed E-state index contributed by atoms with van der Waals surface area (Å²) in [5.74, 6) is 0.574. The van der Waals surface area contributed by atoms with Crippen LogP contribution < -0.4 is 11.5 Å². The molecule has 0 aliphatic heterocycles. The van der Waals surface area contributed by atoms with Crippen molar-refractivity contribution in [1.82, 2.24) is 0 Å². The average Bonchev–Trinajstić information content (AvgIpc) is 2.11. The minimum absolute atomic E-state index is 0. The van der Waals surface area contributed by atoms with Crippen LogP contribution in [0.3, 0.4) is 0 Å². The van der Waals surface area contributed by atoms with E-state index < -0.39 is 0 Å². The van der Waals surface area contributed by atoms with E-state index in [0.717, 1.165) is 10.9 Å². The number of phenolic OH excluding ortho intramolecular Hbond substituents is 1. The van der Waals surface area contributed by atoms with Crippen molar-refractivity contribution in [2.45, 2.75) is 26.3 Å². The Labute approximate surface area is 111 Å². The van der Waals surface area contributed by atoms with E-state index in [4.69, 9.17) is 11.5 Å². The number of halogens is 2. The van der Waals surface area contributed by atoms with E-state index in [-0.39, 0.29) is 24.2 Å². The third-order valence-electron chi connectivity index (χ3n) is 2.29. The molecule has 1 rings (SSSR count). The van der Waals surface area contributed by atoms with E-state index in [1.807, 2.05) is 6.07 Å². The Morgan fingerprint density at radius 2 is 1.94 bits per heavy atom. The normalized spacial score (nSPS) is 12.3. The summed E-state index contributed by atoms with van der Waals surface area (Å²) in [7, 11) is 0. The number of rotatable bonds is 3. The van der Waals surface area contributed by atoms with Crippen LogP contribution in [0.4, 0.5) is 5.69 Å². The van der Waals surface area contributed by atoms with Gasteiger partial charge in [0.1, 0.15) is 5.75 Å². The lowest BCUT2D eigenvalue weighted by Crippen LogP contribution is -2.14. The average molecular weight is 310 g/mol. The van der Waals surface area contributed by atoms with Gasteiger partial charge < -0.3 is 16.6 Å². The summed E-state index contributed by atoms with van der Waals surface area (Å²) >= 11 is 3.38. The molecule has 0 amide bonds. The van der Waals surface area contributed by atoms with Crippen molar-refractivity contribution < 1.29 is 5.11 Å². The molecule has 0 unspecified atom stereocenters. The van der Waals surface area contributed by atoms with Crippen molar-refractivity contribution in [3.8, 4) is 5.75 Å². The number of nitrogens with two attached hydrogens (primary N) is 2. The molecule has 0 aliphatic rings. The maximum absolute atomic E-state index is 9.83. The van der Waals surface area contributed by atoms with Gasteiger partial charge >= 0.3 is 0 Å². The number of anilines is 1. The Hall–Kier alpha value is -0.450. The molecule has 0 aliphatic carbocycles. The van der Waals surface area contributed by atoms with Crippen molar-refractivity contribution in [2.75, 3.05) is 5.73 Å². The third-order valence-corrected chi connectivity index (χ3v) is 2.98. The molecular weight excluding hydrogens is 291 g/mol. The topological polar surface area (TPSA) is 72.3 Å². The van der Waals surface area contributed by atoms with Gasteiger partial charge in [-0.15, -0.1) is 12.4 Å². The van der Waals surface area contributed by atoms with Crippen molar-refractivity contribution in [2.24, 2.45) is 11.7 Å². The van der Waals surface area contributed by atoms with Gasteiger partial charge in [-0.2, -0.15) is 0 Å². The molecule has 16 heavy (non-hydrogen) atoms. The van der Waals surface area contributed by atoms with Gasteiger partial charge in [-0.05, 0) is 24.5 Å². The molecule has 0 saturated heterocycles. The molecule has 5 N–H and O–H groups in total. The van der Waals surface area contributed by atoms with Gasteiger partial charge in [0.05, 0.1) is 5.69 Å². The Balaban J connectivity index is 0.00000225. The Morgan fingerprint density at radius 1 is 1.38 bits per heavy atom. The number of benzene rings is 1. The fourth-order valence-corrected chi connectivity index (χ4v) is 2.19. The van der Waals surface area contributed by atoms with Gasteiger partial charge in [-0.25, -0.2) is 0 Å². The molecule has 1 atom stereocenters. The summed E-state index contributed by atoms with van der Waals surface area (Å²) < 4.78 is 0.808. The molecule has 0 saturated carbocycles. The van der Waals surface area contributed by atoms with Crippen LogP contribution in [0.15, 0.2) is 16.6 Å². The lowest BCUT2D eigenvalue weighted by atomic mass is 9.97. The smallest absolute Gasteiger partial charge is 0.144 e. The van der Waals surface area contributed by atoms with E-state index >= 15 is 0 Å². The summed E-state index contributed by atoms with van der Waals surface area (Å²) in [6, 6.07) is 3.28. The van der Waals surface area contributed by atoms with Crippen LogP contribution in [0.1, 0.15) is 31.9 Å². The first-order chi connectivity index (χ1) is 6.93. The maximum atomic E-state index is 9.83. The molecule has 1 aromatic carbocycles. The van der Waals surface area contributed by atoms with Crippen LogP contribution in [-0.2, 0) is 0 Å². The molecular formula is C11H18BrClN2O. The van der Waals surface area contributed by atoms with E-state index in [9.17, 15) is 5.11 Å². The standard InChI is InChI=1S/C11H17BrN2O.ClH/c1-6(2)5-9(14)10-7(12)3-4-8(13)11(10)15;/h3-4,6,9,15H,5,13-14H2,1-2H3;1H/t9-;/m0./s1. The van der Waals surface area contributed by atoms with Gasteiger partial charge in [-0.3, -0.25) is 0 Å². The fourth-order valence-electron chi connectivity index (χ4n) is 1.58. The first kappa shape index (κ1) is 15.6. The van der Waals surface area contributed by atoms with Crippen LogP contribution in [0.2, 0.25) is 0 Å². The highest BCUT2D eigenvalue weighted by Gasteiger charge is 2.17. The summed E-state index contributed by atoms with van der Waals surface area (Å²) in [5.41, 5.74) is 12.7. The van der Waals surface area contributed by atoms with Crippen LogP contribution in [0.25, 0.3) is 0 Å². The van der Waals surface area contributed by atoms with Crippen LogP contribution in [-0.4, -0.2) is 5.11 Å². The fraction of sp³-hybridized carbons (Fsp3) is 0.455. The first-order valence-electron chi connectivity index (χ1n) is 4.96. The molecule has 92 valence electrons. The zero-order valence-corrected chi connectivity index (χ0v) is 11.8. The van der Waals surface area contributed by atoms with Gasteiger partial charge in [-0.1, -0.05) is 29.8 Å². The minimum atomic E-state index is -0.192. The van der Waals surface area contributed by atoms with Gasteiger partial charge in [0.25, 0.3) is 0 Å². The van der Waals surface area contributed by atoms with Crippen molar-refractivity contribution in [3.05, 3.63) is 22.2 Å². The molecule has 3 nitrogen and oxygen atoms in total. The van der Waals surface area contributed by atoms with Crippen LogP contribution in [0.5, 0.6) is 5.75 Å². The zero-order chi connectivity index (χ0) is 11.6. The highest BCUT2D eigenvalue weighted by atomic mass is 79.9. The Bertz CT molecular complexity index is 358. The van der Waals surface area contributed by atoms with Crippen LogP contribution >= 0.6 is 28.3 Å². The van der Waals surface area contributed by atoms with Gasteiger partial charge in [0, 0.05) is 16.1 Å². The second-order valence-corrected chi connectivity index (χ2v) is 4.99. The van der Waals surface area contributed by atoms with E-state index in [1.165, 1.54) is 0 Å². The number of nitrogen functional groups attached to an aromatic ring is 1. The lowest BCUT2D eigenvalue weighted by Gasteiger charge is -2.18. The van der Waals surface area contributed by atoms with Crippen LogP contribution in [0, 0.1) is 5.92 Å². The number of hydrogen-bond acceptors (Lipinski definition) is 3. The predicted molar refractivity (Wildman–Crippen MR) is 73.9 cm³/mol. The summed E-state index contributed by atoms with van der Waals surface area (Å²) in [6.45, 7) is 4.19. The number of aromatic hydroxyl groups is 1. The predicted octanol–water partition coefficient (Wildman–Crippen LogP) is 3.20. The zero-order valence-electron chi connectivity index (χ0n) is 9.40. The SMILES string of the molecule is CC(C)C[C@H](N)c1c(Br)ccc(N)c1O.Cl. The second-order valence-electron chi connectivity index (χ2n) is 4.13. The number of hydrogen-bond donors (Lipinski definition) is 3. The molecule has 0 spiro atoms. The number of phenols is 1. The van der Waals surface area contributed by atoms with Gasteiger partial charge in [0.15, 0.2) is 0 Å². The first-order valence-corrected chi connectivity index (χ1v) is 5.75. The van der Waals surface area contributed by atoms with E-state index in [0.29, 0.717) is 17.2 Å². The molecule has 5 heteroatoms. The second kappa shape index (κ2) is 6.33. The van der Waals surface area contributed by atoms with Crippen molar-refractivity contribution in [1.29, 1.82) is 0 Å². The summed E-state index contributed by atoms with van der Waals surface area (Å²) in [5, 5.41) is 9.83. The third kappa shape index (κ3) is 3.54. The van der Waals surface area contributed by atoms with Crippen molar-refractivity contribution in [3.63, 3.8) is 0 Å². The minimum Gasteiger partial charge on any atom is -0.505 e. The molecule has 0 aromatic heterocycles. The molecule has 0 fully saturated rings. The maximum Gasteiger partial charge on any atom is 0.144 e. The van der Waals surface area contributed by atoms with E-state index in [1.54, 1.807) is 6.07 Å². The summed E-state index contributed by atoms with van der Waals surface area (Å²) in [4.78, 5) is 0. The highest BCUT2D eigenvalue weighted by molar-refractivity contribution is 9.10. The molecule has 0 heterocycles. The quantitative estimate of drug-likeness (QED) is 0.593. The molecule has 0 bridgehead atoms. The molecule has 0 radical (unpaired) electrons. The largest absolute Gasteiger partial charge is 0.505 e. The Kier molecular flexibility index (Phi) is 6.15.